The summed E-state index contributed by atoms with van der Waals surface area (Å²) in [7, 11) is -3.29. The molecule has 0 aliphatic rings. The van der Waals surface area contributed by atoms with Crippen LogP contribution in [0.1, 0.15) is 0 Å². The molecule has 1 rings (SSSR count). The van der Waals surface area contributed by atoms with Gasteiger partial charge in [0.25, 0.3) is 0 Å². The summed E-state index contributed by atoms with van der Waals surface area (Å²) in [5.41, 5.74) is 4.75. The summed E-state index contributed by atoms with van der Waals surface area (Å²) in [6.45, 7) is 0. The summed E-state index contributed by atoms with van der Waals surface area (Å²) >= 11 is 0. The minimum Gasteiger partial charge on any atom is -0.497 e. The van der Waals surface area contributed by atoms with E-state index in [1.54, 1.807) is 7.11 Å². The highest BCUT2D eigenvalue weighted by Crippen LogP contribution is 2.10. The lowest BCUT2D eigenvalue weighted by Gasteiger charge is -2.17. The predicted molar refractivity (Wildman–Crippen MR) is 35.5 cm³/mol. The summed E-state index contributed by atoms with van der Waals surface area (Å²) in [5, 5.41) is 0. The van der Waals surface area contributed by atoms with Crippen LogP contribution in [0.5, 0.6) is 5.75 Å². The van der Waals surface area contributed by atoms with E-state index in [-0.39, 0.29) is 0 Å². The molecule has 0 bridgehead atoms. The Balaban J connectivity index is 0.000000292. The standard InChI is InChI=1S/C7H9NO.ClHO4/c1-9-7-4-2-6(8)3-5-7;2-1(3,4)5/h2-5H,8H2,1H3;(H,2,3,4,5). The number of quaternary nitrogens is 1. The van der Waals surface area contributed by atoms with Crippen LogP contribution in [0.3, 0.4) is 0 Å². The zero-order valence-electron chi connectivity index (χ0n) is 7.44. The third-order valence-electron chi connectivity index (χ3n) is 1.16. The van der Waals surface area contributed by atoms with Crippen molar-refractivity contribution in [2.45, 2.75) is 0 Å². The van der Waals surface area contributed by atoms with E-state index in [2.05, 4.69) is 5.73 Å². The van der Waals surface area contributed by atoms with Gasteiger partial charge in [0.15, 0.2) is 0 Å². The molecule has 0 unspecified atom stereocenters. The highest BCUT2D eigenvalue weighted by Gasteiger charge is 1.88. The highest BCUT2D eigenvalue weighted by molar-refractivity contribution is 5.34. The third kappa shape index (κ3) is 9.20. The smallest absolute Gasteiger partial charge is 0.128 e. The van der Waals surface area contributed by atoms with Gasteiger partial charge in [0.05, 0.1) is 7.11 Å². The van der Waals surface area contributed by atoms with Gasteiger partial charge in [0.1, 0.15) is 11.4 Å². The van der Waals surface area contributed by atoms with Gasteiger partial charge in [-0.15, -0.1) is 10.2 Å². The number of methoxy groups -OCH3 is 1. The molecular formula is C7H10ClNO5. The first kappa shape index (κ1) is 13.1. The number of hydrogen-bond acceptors (Lipinski definition) is 5. The van der Waals surface area contributed by atoms with Crippen LogP contribution in [0.2, 0.25) is 0 Å². The molecule has 0 atom stereocenters. The molecule has 1 aromatic carbocycles. The van der Waals surface area contributed by atoms with Gasteiger partial charge >= 0.3 is 0 Å². The summed E-state index contributed by atoms with van der Waals surface area (Å²) < 4.78 is 38.9. The zero-order chi connectivity index (χ0) is 11.2. The fourth-order valence-corrected chi connectivity index (χ4v) is 0.626. The van der Waals surface area contributed by atoms with E-state index in [0.29, 0.717) is 0 Å². The first-order valence-corrected chi connectivity index (χ1v) is 4.64. The van der Waals surface area contributed by atoms with Crippen molar-refractivity contribution in [1.29, 1.82) is 0 Å². The molecule has 14 heavy (non-hydrogen) atoms. The second-order valence-corrected chi connectivity index (χ2v) is 2.98. The molecule has 0 amide bonds. The third-order valence-corrected chi connectivity index (χ3v) is 1.16. The molecule has 6 nitrogen and oxygen atoms in total. The average molecular weight is 224 g/mol. The number of rotatable bonds is 1. The largest absolute Gasteiger partial charge is 0.497 e. The van der Waals surface area contributed by atoms with Crippen LogP contribution in [0.15, 0.2) is 24.3 Å². The van der Waals surface area contributed by atoms with Crippen LogP contribution in [-0.4, -0.2) is 7.11 Å². The van der Waals surface area contributed by atoms with Gasteiger partial charge in [-0.05, 0) is 12.1 Å². The fourth-order valence-electron chi connectivity index (χ4n) is 0.626. The predicted octanol–water partition coefficient (Wildman–Crippen LogP) is -4.19. The van der Waals surface area contributed by atoms with E-state index in [9.17, 15) is 0 Å². The Morgan fingerprint density at radius 3 is 1.71 bits per heavy atom. The van der Waals surface area contributed by atoms with Crippen molar-refractivity contribution in [2.75, 3.05) is 7.11 Å². The maximum atomic E-state index is 8.49. The zero-order valence-corrected chi connectivity index (χ0v) is 8.19. The lowest BCUT2D eigenvalue weighted by atomic mass is 10.3. The van der Waals surface area contributed by atoms with Crippen LogP contribution >= 0.6 is 0 Å². The molecule has 80 valence electrons. The molecule has 0 saturated carbocycles. The monoisotopic (exact) mass is 223 g/mol. The van der Waals surface area contributed by atoms with Gasteiger partial charge in [0.2, 0.25) is 0 Å². The Labute approximate surface area is 82.9 Å². The van der Waals surface area contributed by atoms with Crippen LogP contribution in [0.25, 0.3) is 0 Å². The van der Waals surface area contributed by atoms with Crippen molar-refractivity contribution >= 4 is 5.69 Å². The van der Waals surface area contributed by atoms with E-state index in [0.717, 1.165) is 11.4 Å². The van der Waals surface area contributed by atoms with E-state index in [1.807, 2.05) is 24.3 Å². The first-order chi connectivity index (χ1) is 6.33. The Hall–Kier alpha value is -0.890. The normalized spacial score (nSPS) is 10.1. The van der Waals surface area contributed by atoms with Crippen molar-refractivity contribution < 1.29 is 39.3 Å². The van der Waals surface area contributed by atoms with Crippen LogP contribution in [0, 0.1) is 10.2 Å². The fraction of sp³-hybridized carbons (Fsp3) is 0.143. The number of ether oxygens (including phenoxy) is 1. The van der Waals surface area contributed by atoms with Gasteiger partial charge in [-0.25, -0.2) is 18.6 Å². The topological polar surface area (TPSA) is 129 Å². The minimum atomic E-state index is -4.94. The lowest BCUT2D eigenvalue weighted by molar-refractivity contribution is -2.00. The quantitative estimate of drug-likeness (QED) is 0.516. The van der Waals surface area contributed by atoms with Gasteiger partial charge in [-0.2, -0.15) is 0 Å². The summed E-state index contributed by atoms with van der Waals surface area (Å²) in [6.07, 6.45) is 0. The molecule has 0 spiro atoms. The maximum absolute atomic E-state index is 8.49. The van der Waals surface area contributed by atoms with Gasteiger partial charge in [0, 0.05) is 12.1 Å². The molecule has 7 heteroatoms. The Morgan fingerprint density at radius 1 is 1.07 bits per heavy atom. The molecule has 0 fully saturated rings. The van der Waals surface area contributed by atoms with Crippen molar-refractivity contribution in [1.82, 2.24) is 0 Å². The highest BCUT2D eigenvalue weighted by atomic mass is 35.7. The molecular weight excluding hydrogens is 214 g/mol. The van der Waals surface area contributed by atoms with Crippen LogP contribution in [-0.2, 0) is 0 Å². The SMILES string of the molecule is COc1ccc([NH3+])cc1.[O-][Cl+3]([O-])([O-])[O-]. The molecule has 0 aliphatic heterocycles. The molecule has 0 saturated heterocycles. The second-order valence-electron chi connectivity index (χ2n) is 2.23. The summed E-state index contributed by atoms with van der Waals surface area (Å²) in [6, 6.07) is 7.61. The average Bonchev–Trinajstić information content (AvgIpc) is 2.03. The van der Waals surface area contributed by atoms with Gasteiger partial charge in [-0.1, -0.05) is 0 Å². The Kier molecular flexibility index (Phi) is 5.39. The van der Waals surface area contributed by atoms with Gasteiger partial charge in [-0.3, -0.25) is 0 Å². The van der Waals surface area contributed by atoms with E-state index in [1.165, 1.54) is 0 Å². The molecule has 0 aromatic heterocycles. The van der Waals surface area contributed by atoms with E-state index >= 15 is 0 Å². The van der Waals surface area contributed by atoms with Crippen LogP contribution in [0.4, 0.5) is 5.69 Å². The number of halogens is 1. The first-order valence-electron chi connectivity index (χ1n) is 3.40. The number of hydrogen-bond donors (Lipinski definition) is 1. The van der Waals surface area contributed by atoms with E-state index in [4.69, 9.17) is 23.4 Å². The summed E-state index contributed by atoms with van der Waals surface area (Å²) in [5.74, 6) is 0.877. The molecule has 0 aliphatic carbocycles. The van der Waals surface area contributed by atoms with Crippen molar-refractivity contribution in [3.63, 3.8) is 0 Å². The lowest BCUT2D eigenvalue weighted by Crippen LogP contribution is -2.68. The van der Waals surface area contributed by atoms with E-state index < -0.39 is 10.2 Å². The summed E-state index contributed by atoms with van der Waals surface area (Å²) in [4.78, 5) is 0. The second kappa shape index (κ2) is 5.76. The number of benzene rings is 1. The van der Waals surface area contributed by atoms with Crippen LogP contribution < -0.4 is 29.1 Å². The van der Waals surface area contributed by atoms with Gasteiger partial charge < -0.3 is 10.5 Å². The van der Waals surface area contributed by atoms with Crippen molar-refractivity contribution in [3.8, 4) is 5.75 Å². The molecule has 3 N–H and O–H groups in total. The molecule has 1 aromatic rings. The maximum Gasteiger partial charge on any atom is 0.128 e. The minimum absolute atomic E-state index is 0.877. The Morgan fingerprint density at radius 2 is 1.43 bits per heavy atom. The molecule has 0 heterocycles. The molecule has 0 radical (unpaired) electrons. The van der Waals surface area contributed by atoms with Crippen molar-refractivity contribution in [2.24, 2.45) is 0 Å². The van der Waals surface area contributed by atoms with Crippen molar-refractivity contribution in [3.05, 3.63) is 24.3 Å². The Bertz CT molecular complexity index is 252.